The van der Waals surface area contributed by atoms with E-state index in [4.69, 9.17) is 9.05 Å². The molecule has 0 aromatic heterocycles. The summed E-state index contributed by atoms with van der Waals surface area (Å²) in [6, 6.07) is -0.911. The number of carbonyl (C=O) groups excluding carboxylic acids is 1. The maximum atomic E-state index is 13.0. The summed E-state index contributed by atoms with van der Waals surface area (Å²) in [5.74, 6) is -0.211. The Morgan fingerprint density at radius 3 is 1.22 bits per heavy atom. The lowest BCUT2D eigenvalue weighted by atomic mass is 10.0. The van der Waals surface area contributed by atoms with Crippen LogP contribution >= 0.6 is 7.82 Å². The van der Waals surface area contributed by atoms with E-state index in [-0.39, 0.29) is 12.5 Å². The number of rotatable bonds is 56. The number of aliphatic hydroxyl groups is 1. The fraction of sp³-hybridized carbons (Fsp3) is 0.716. The SMILES string of the molecule is CC/C=C\C/C=C\C/C=C\C/C=C\C/C=C\C/C=C\C/C=C\CCCCCCCCCCCCCCCC(=O)NC(COP(=O)([O-])OCC[N+](C)(C)C)C(O)/C=C/CC/C=C/CCCCCCCCCCCCCCC. The fourth-order valence-electron chi connectivity index (χ4n) is 8.62. The summed E-state index contributed by atoms with van der Waals surface area (Å²) < 4.78 is 23.4. The Kier molecular flexibility index (Phi) is 54.7. The number of allylic oxidation sites excluding steroid dienone is 17. The summed E-state index contributed by atoms with van der Waals surface area (Å²) in [6.45, 7) is 4.52. The molecular formula is C67H119N2O6P. The van der Waals surface area contributed by atoms with Crippen LogP contribution in [-0.2, 0) is 18.4 Å². The summed E-state index contributed by atoms with van der Waals surface area (Å²) in [7, 11) is 1.24. The van der Waals surface area contributed by atoms with Crippen molar-refractivity contribution >= 4 is 13.7 Å². The van der Waals surface area contributed by atoms with E-state index in [2.05, 4.69) is 116 Å². The molecule has 76 heavy (non-hydrogen) atoms. The van der Waals surface area contributed by atoms with E-state index in [1.807, 2.05) is 27.2 Å². The minimum absolute atomic E-state index is 0.0105. The van der Waals surface area contributed by atoms with Crippen LogP contribution in [-0.4, -0.2) is 68.5 Å². The average molecular weight is 1080 g/mol. The van der Waals surface area contributed by atoms with Gasteiger partial charge in [-0.05, 0) is 89.9 Å². The van der Waals surface area contributed by atoms with Crippen molar-refractivity contribution < 1.29 is 32.9 Å². The van der Waals surface area contributed by atoms with Crippen molar-refractivity contribution in [3.63, 3.8) is 0 Å². The highest BCUT2D eigenvalue weighted by molar-refractivity contribution is 7.45. The van der Waals surface area contributed by atoms with Crippen molar-refractivity contribution in [3.8, 4) is 0 Å². The number of hydrogen-bond donors (Lipinski definition) is 2. The molecule has 0 aliphatic heterocycles. The number of carbonyl (C=O) groups is 1. The predicted molar refractivity (Wildman–Crippen MR) is 329 cm³/mol. The Morgan fingerprint density at radius 2 is 0.816 bits per heavy atom. The van der Waals surface area contributed by atoms with Gasteiger partial charge in [-0.2, -0.15) is 0 Å². The maximum Gasteiger partial charge on any atom is 0.268 e. The molecule has 9 heteroatoms. The van der Waals surface area contributed by atoms with Crippen LogP contribution in [0.1, 0.15) is 258 Å². The van der Waals surface area contributed by atoms with E-state index in [1.165, 1.54) is 154 Å². The van der Waals surface area contributed by atoms with Gasteiger partial charge in [0.1, 0.15) is 13.2 Å². The first-order valence-electron chi connectivity index (χ1n) is 31.2. The number of likely N-dealkylation sites (N-methyl/N-ethyl adjacent to an activating group) is 1. The van der Waals surface area contributed by atoms with Crippen LogP contribution in [0.25, 0.3) is 0 Å². The molecule has 0 spiro atoms. The van der Waals surface area contributed by atoms with Gasteiger partial charge in [-0.3, -0.25) is 9.36 Å². The zero-order valence-corrected chi connectivity index (χ0v) is 50.8. The normalized spacial score (nSPS) is 14.6. The summed E-state index contributed by atoms with van der Waals surface area (Å²) in [5.41, 5.74) is 0. The molecule has 0 aliphatic rings. The Balaban J connectivity index is 4.15. The van der Waals surface area contributed by atoms with Gasteiger partial charge in [-0.25, -0.2) is 0 Å². The van der Waals surface area contributed by atoms with E-state index in [0.717, 1.165) is 83.5 Å². The van der Waals surface area contributed by atoms with Gasteiger partial charge < -0.3 is 28.8 Å². The van der Waals surface area contributed by atoms with Crippen LogP contribution in [0.4, 0.5) is 0 Å². The first kappa shape index (κ1) is 73.2. The molecular weight excluding hydrogens is 960 g/mol. The standard InChI is InChI=1S/C67H119N2O6P/c1-6-8-10-12-14-16-18-20-22-24-26-27-28-29-30-31-32-33-34-35-36-37-38-39-40-41-43-45-47-49-51-53-55-57-59-61-67(71)68-65(64-75-76(72,73)74-63-62-69(3,4)5)66(70)60-58-56-54-52-50-48-46-44-42-25-23-21-19-17-15-13-11-9-7-2/h8,10,14,16,20,22,26-27,29-30,32-33,35-36,50,52,58,60,65-66,70H,6-7,9,11-13,15,17-19,21,23-25,28,31,34,37-49,51,53-57,59,61-64H2,1-5H3,(H-,68,71,72,73)/b10-8-,16-14-,22-20-,27-26-,30-29-,33-32-,36-35-,52-50+,60-58+. The molecule has 2 N–H and O–H groups in total. The number of phosphoric ester groups is 1. The van der Waals surface area contributed by atoms with Crippen LogP contribution in [0.3, 0.4) is 0 Å². The number of unbranched alkanes of at least 4 members (excludes halogenated alkanes) is 27. The first-order valence-corrected chi connectivity index (χ1v) is 32.7. The summed E-state index contributed by atoms with van der Waals surface area (Å²) in [6.07, 6.45) is 83.2. The molecule has 0 radical (unpaired) electrons. The first-order chi connectivity index (χ1) is 37.0. The Labute approximate surface area is 470 Å². The summed E-state index contributed by atoms with van der Waals surface area (Å²) in [5, 5.41) is 13.9. The minimum Gasteiger partial charge on any atom is -0.756 e. The lowest BCUT2D eigenvalue weighted by Crippen LogP contribution is -2.45. The quantitative estimate of drug-likeness (QED) is 0.0272. The topological polar surface area (TPSA) is 108 Å². The summed E-state index contributed by atoms with van der Waals surface area (Å²) in [4.78, 5) is 25.5. The highest BCUT2D eigenvalue weighted by Gasteiger charge is 2.23. The number of quaternary nitrogens is 1. The second-order valence-corrected chi connectivity index (χ2v) is 23.4. The zero-order valence-electron chi connectivity index (χ0n) is 49.9. The number of aliphatic hydroxyl groups excluding tert-OH is 1. The molecule has 0 saturated carbocycles. The van der Waals surface area contributed by atoms with E-state index in [9.17, 15) is 19.4 Å². The fourth-order valence-corrected chi connectivity index (χ4v) is 9.34. The largest absolute Gasteiger partial charge is 0.756 e. The van der Waals surface area contributed by atoms with Crippen LogP contribution in [0, 0.1) is 0 Å². The van der Waals surface area contributed by atoms with Gasteiger partial charge in [0.15, 0.2) is 0 Å². The average Bonchev–Trinajstić information content (AvgIpc) is 3.38. The van der Waals surface area contributed by atoms with Crippen LogP contribution < -0.4 is 10.2 Å². The maximum absolute atomic E-state index is 13.0. The molecule has 3 atom stereocenters. The molecule has 0 aromatic rings. The number of nitrogens with zero attached hydrogens (tertiary/aromatic N) is 1. The highest BCUT2D eigenvalue weighted by Crippen LogP contribution is 2.38. The molecule has 0 heterocycles. The Morgan fingerprint density at radius 1 is 0.474 bits per heavy atom. The molecule has 0 saturated heterocycles. The molecule has 8 nitrogen and oxygen atoms in total. The molecule has 0 fully saturated rings. The van der Waals surface area contributed by atoms with Crippen molar-refractivity contribution in [2.75, 3.05) is 40.9 Å². The Hall–Kier alpha value is -2.84. The lowest BCUT2D eigenvalue weighted by molar-refractivity contribution is -0.870. The van der Waals surface area contributed by atoms with E-state index in [1.54, 1.807) is 6.08 Å². The molecule has 3 unspecified atom stereocenters. The minimum atomic E-state index is -4.61. The second kappa shape index (κ2) is 56.9. The van der Waals surface area contributed by atoms with E-state index < -0.39 is 26.6 Å². The van der Waals surface area contributed by atoms with Gasteiger partial charge in [-0.1, -0.05) is 271 Å². The van der Waals surface area contributed by atoms with E-state index in [0.29, 0.717) is 17.4 Å². The number of hydrogen-bond acceptors (Lipinski definition) is 6. The number of phosphoric acid groups is 1. The molecule has 438 valence electrons. The van der Waals surface area contributed by atoms with E-state index >= 15 is 0 Å². The third kappa shape index (κ3) is 58.8. The van der Waals surface area contributed by atoms with Crippen molar-refractivity contribution in [2.24, 2.45) is 0 Å². The Bertz CT molecular complexity index is 1600. The monoisotopic (exact) mass is 1080 g/mol. The van der Waals surface area contributed by atoms with Crippen molar-refractivity contribution in [2.45, 2.75) is 270 Å². The van der Waals surface area contributed by atoms with Gasteiger partial charge in [-0.15, -0.1) is 0 Å². The lowest BCUT2D eigenvalue weighted by Gasteiger charge is -2.29. The molecule has 1 amide bonds. The van der Waals surface area contributed by atoms with Gasteiger partial charge in [0.25, 0.3) is 7.82 Å². The molecule has 0 aromatic carbocycles. The van der Waals surface area contributed by atoms with Crippen LogP contribution in [0.5, 0.6) is 0 Å². The third-order valence-corrected chi connectivity index (χ3v) is 14.4. The second-order valence-electron chi connectivity index (χ2n) is 22.0. The highest BCUT2D eigenvalue weighted by atomic mass is 31.2. The number of amides is 1. The van der Waals surface area contributed by atoms with Gasteiger partial charge >= 0.3 is 0 Å². The van der Waals surface area contributed by atoms with Crippen LogP contribution in [0.2, 0.25) is 0 Å². The summed E-state index contributed by atoms with van der Waals surface area (Å²) >= 11 is 0. The van der Waals surface area contributed by atoms with Crippen molar-refractivity contribution in [3.05, 3.63) is 109 Å². The smallest absolute Gasteiger partial charge is 0.268 e. The third-order valence-electron chi connectivity index (χ3n) is 13.5. The van der Waals surface area contributed by atoms with Gasteiger partial charge in [0.05, 0.1) is 39.9 Å². The van der Waals surface area contributed by atoms with Gasteiger partial charge in [0, 0.05) is 6.42 Å². The molecule has 0 aliphatic carbocycles. The zero-order chi connectivity index (χ0) is 55.6. The molecule has 0 bridgehead atoms. The molecule has 0 rings (SSSR count). The van der Waals surface area contributed by atoms with Gasteiger partial charge in [0.2, 0.25) is 5.91 Å². The number of nitrogens with one attached hydrogen (secondary N) is 1. The van der Waals surface area contributed by atoms with Crippen LogP contribution in [0.15, 0.2) is 109 Å². The predicted octanol–water partition coefficient (Wildman–Crippen LogP) is 18.9. The van der Waals surface area contributed by atoms with Crippen molar-refractivity contribution in [1.29, 1.82) is 0 Å². The van der Waals surface area contributed by atoms with Crippen molar-refractivity contribution in [1.82, 2.24) is 5.32 Å².